The molecule has 32 heavy (non-hydrogen) atoms. The van der Waals surface area contributed by atoms with Crippen LogP contribution in [0.2, 0.25) is 0 Å². The third-order valence-corrected chi connectivity index (χ3v) is 6.67. The quantitative estimate of drug-likeness (QED) is 0.358. The zero-order valence-corrected chi connectivity index (χ0v) is 21.0. The highest BCUT2D eigenvalue weighted by Crippen LogP contribution is 2.40. The summed E-state index contributed by atoms with van der Waals surface area (Å²) in [7, 11) is 0. The van der Waals surface area contributed by atoms with Gasteiger partial charge in [-0.05, 0) is 64.4 Å². The molecular weight excluding hydrogens is 440 g/mol. The van der Waals surface area contributed by atoms with Crippen LogP contribution in [0.3, 0.4) is 0 Å². The van der Waals surface area contributed by atoms with Gasteiger partial charge in [-0.3, -0.25) is 9.59 Å². The number of ether oxygens (including phenoxy) is 2. The topological polar surface area (TPSA) is 52.6 Å². The minimum absolute atomic E-state index is 0.287. The van der Waals surface area contributed by atoms with Gasteiger partial charge in [-0.2, -0.15) is 0 Å². The molecule has 0 radical (unpaired) electrons. The SMILES string of the molecule is CC(C)(C)C(=O)OC(c1cccs1)c1ccccc1C(OC(=O)C(C)(C)C)c1cccs1. The minimum Gasteiger partial charge on any atom is -0.451 e. The lowest BCUT2D eigenvalue weighted by molar-refractivity contribution is -0.158. The number of benzene rings is 1. The van der Waals surface area contributed by atoms with E-state index in [1.807, 2.05) is 101 Å². The molecule has 0 N–H and O–H groups in total. The highest BCUT2D eigenvalue weighted by Gasteiger charge is 2.34. The van der Waals surface area contributed by atoms with Crippen molar-refractivity contribution < 1.29 is 19.1 Å². The molecule has 4 nitrogen and oxygen atoms in total. The van der Waals surface area contributed by atoms with E-state index in [9.17, 15) is 9.59 Å². The van der Waals surface area contributed by atoms with Gasteiger partial charge >= 0.3 is 11.9 Å². The molecule has 2 unspecified atom stereocenters. The number of esters is 2. The largest absolute Gasteiger partial charge is 0.451 e. The number of rotatable bonds is 6. The Morgan fingerprint density at radius 3 is 1.31 bits per heavy atom. The Kier molecular flexibility index (Phi) is 7.25. The summed E-state index contributed by atoms with van der Waals surface area (Å²) >= 11 is 3.06. The monoisotopic (exact) mass is 470 g/mol. The van der Waals surface area contributed by atoms with Crippen molar-refractivity contribution in [2.24, 2.45) is 10.8 Å². The summed E-state index contributed by atoms with van der Waals surface area (Å²) in [6, 6.07) is 15.5. The van der Waals surface area contributed by atoms with Gasteiger partial charge in [0.1, 0.15) is 0 Å². The van der Waals surface area contributed by atoms with Crippen LogP contribution in [0, 0.1) is 10.8 Å². The Hall–Kier alpha value is -2.44. The first-order chi connectivity index (χ1) is 15.0. The average molecular weight is 471 g/mol. The Balaban J connectivity index is 2.11. The standard InChI is InChI=1S/C26H30O4S2/c1-25(2,3)23(27)29-21(19-13-9-15-31-19)17-11-7-8-12-18(17)22(20-14-10-16-32-20)30-24(28)26(4,5)6/h7-16,21-22H,1-6H3. The van der Waals surface area contributed by atoms with Crippen LogP contribution in [0.25, 0.3) is 0 Å². The van der Waals surface area contributed by atoms with Crippen LogP contribution < -0.4 is 0 Å². The molecule has 0 aliphatic carbocycles. The molecule has 2 aromatic heterocycles. The van der Waals surface area contributed by atoms with Gasteiger partial charge in [0.15, 0.2) is 12.2 Å². The second-order valence-corrected chi connectivity index (χ2v) is 11.7. The number of carbonyl (C=O) groups is 2. The van der Waals surface area contributed by atoms with Gasteiger partial charge in [0.05, 0.1) is 10.8 Å². The predicted molar refractivity (Wildman–Crippen MR) is 130 cm³/mol. The van der Waals surface area contributed by atoms with Crippen molar-refractivity contribution in [1.82, 2.24) is 0 Å². The molecule has 0 amide bonds. The minimum atomic E-state index is -0.643. The molecule has 0 spiro atoms. The zero-order valence-electron chi connectivity index (χ0n) is 19.4. The first-order valence-corrected chi connectivity index (χ1v) is 12.3. The molecule has 0 saturated heterocycles. The normalized spacial score (nSPS) is 13.9. The maximum atomic E-state index is 12.9. The summed E-state index contributed by atoms with van der Waals surface area (Å²) in [6.45, 7) is 11.0. The number of carbonyl (C=O) groups excluding carboxylic acids is 2. The second kappa shape index (κ2) is 9.59. The molecule has 0 aliphatic heterocycles. The van der Waals surface area contributed by atoms with Crippen LogP contribution in [0.15, 0.2) is 59.3 Å². The molecule has 0 aliphatic rings. The van der Waals surface area contributed by atoms with Gasteiger partial charge in [-0.1, -0.05) is 36.4 Å². The van der Waals surface area contributed by atoms with E-state index < -0.39 is 23.0 Å². The second-order valence-electron chi connectivity index (χ2n) is 9.73. The van der Waals surface area contributed by atoms with E-state index >= 15 is 0 Å². The summed E-state index contributed by atoms with van der Waals surface area (Å²) in [6.07, 6.45) is -1.18. The molecule has 2 atom stereocenters. The molecule has 1 aromatic carbocycles. The van der Waals surface area contributed by atoms with Gasteiger partial charge in [-0.15, -0.1) is 22.7 Å². The summed E-state index contributed by atoms with van der Waals surface area (Å²) < 4.78 is 12.1. The summed E-state index contributed by atoms with van der Waals surface area (Å²) in [5.41, 5.74) is 0.340. The molecule has 6 heteroatoms. The van der Waals surface area contributed by atoms with Crippen molar-refractivity contribution >= 4 is 34.6 Å². The van der Waals surface area contributed by atoms with Gasteiger partial charge in [0.2, 0.25) is 0 Å². The fraction of sp³-hybridized carbons (Fsp3) is 0.385. The number of hydrogen-bond acceptors (Lipinski definition) is 6. The van der Waals surface area contributed by atoms with Crippen molar-refractivity contribution in [3.05, 3.63) is 80.2 Å². The van der Waals surface area contributed by atoms with E-state index in [0.717, 1.165) is 20.9 Å². The molecule has 3 aromatic rings. The van der Waals surface area contributed by atoms with Crippen LogP contribution in [0.1, 0.15) is 74.6 Å². The number of thiophene rings is 2. The highest BCUT2D eigenvalue weighted by atomic mass is 32.1. The fourth-order valence-corrected chi connectivity index (χ4v) is 4.53. The molecule has 0 saturated carbocycles. The van der Waals surface area contributed by atoms with Crippen molar-refractivity contribution in [3.8, 4) is 0 Å². The van der Waals surface area contributed by atoms with Crippen LogP contribution >= 0.6 is 22.7 Å². The molecule has 0 bridgehead atoms. The smallest absolute Gasteiger partial charge is 0.312 e. The Labute approximate surface area is 198 Å². The first kappa shape index (κ1) is 24.2. The van der Waals surface area contributed by atoms with Crippen molar-refractivity contribution in [1.29, 1.82) is 0 Å². The molecule has 3 rings (SSSR count). The Morgan fingerprint density at radius 1 is 0.656 bits per heavy atom. The highest BCUT2D eigenvalue weighted by molar-refractivity contribution is 7.10. The Morgan fingerprint density at radius 2 is 1.03 bits per heavy atom. The van der Waals surface area contributed by atoms with E-state index in [1.54, 1.807) is 0 Å². The Bertz CT molecular complexity index is 953. The number of hydrogen-bond donors (Lipinski definition) is 0. The summed E-state index contributed by atoms with van der Waals surface area (Å²) in [4.78, 5) is 27.6. The van der Waals surface area contributed by atoms with Crippen molar-refractivity contribution in [2.45, 2.75) is 53.8 Å². The van der Waals surface area contributed by atoms with E-state index in [2.05, 4.69) is 0 Å². The molecule has 2 heterocycles. The van der Waals surface area contributed by atoms with E-state index in [0.29, 0.717) is 0 Å². The lowest BCUT2D eigenvalue weighted by Gasteiger charge is -2.28. The maximum Gasteiger partial charge on any atom is 0.312 e. The maximum absolute atomic E-state index is 12.9. The fourth-order valence-electron chi connectivity index (χ4n) is 2.99. The molecule has 170 valence electrons. The first-order valence-electron chi connectivity index (χ1n) is 10.6. The van der Waals surface area contributed by atoms with E-state index in [-0.39, 0.29) is 11.9 Å². The average Bonchev–Trinajstić information content (AvgIpc) is 3.42. The van der Waals surface area contributed by atoms with Crippen LogP contribution in [-0.2, 0) is 19.1 Å². The lowest BCUT2D eigenvalue weighted by Crippen LogP contribution is -2.27. The van der Waals surface area contributed by atoms with E-state index in [4.69, 9.17) is 9.47 Å². The van der Waals surface area contributed by atoms with Gasteiger partial charge in [-0.25, -0.2) is 0 Å². The molecular formula is C26H30O4S2. The van der Waals surface area contributed by atoms with Crippen LogP contribution in [0.5, 0.6) is 0 Å². The summed E-state index contributed by atoms with van der Waals surface area (Å²) in [5.74, 6) is -0.574. The summed E-state index contributed by atoms with van der Waals surface area (Å²) in [5, 5.41) is 3.93. The molecule has 0 fully saturated rings. The van der Waals surface area contributed by atoms with Crippen LogP contribution in [0.4, 0.5) is 0 Å². The van der Waals surface area contributed by atoms with Crippen LogP contribution in [-0.4, -0.2) is 11.9 Å². The predicted octanol–water partition coefficient (Wildman–Crippen LogP) is 7.17. The third-order valence-electron chi connectivity index (χ3n) is 4.84. The lowest BCUT2D eigenvalue weighted by atomic mass is 9.93. The van der Waals surface area contributed by atoms with E-state index in [1.165, 1.54) is 22.7 Å². The zero-order chi connectivity index (χ0) is 23.5. The van der Waals surface area contributed by atoms with Gasteiger partial charge < -0.3 is 9.47 Å². The van der Waals surface area contributed by atoms with Crippen molar-refractivity contribution in [3.63, 3.8) is 0 Å². The van der Waals surface area contributed by atoms with Crippen molar-refractivity contribution in [2.75, 3.05) is 0 Å². The third kappa shape index (κ3) is 5.67. The van der Waals surface area contributed by atoms with Gasteiger partial charge in [0.25, 0.3) is 0 Å². The van der Waals surface area contributed by atoms with Gasteiger partial charge in [0, 0.05) is 20.9 Å².